The third-order valence-electron chi connectivity index (χ3n) is 3.61. The van der Waals surface area contributed by atoms with E-state index in [0.29, 0.717) is 17.9 Å². The predicted molar refractivity (Wildman–Crippen MR) is 93.0 cm³/mol. The first-order chi connectivity index (χ1) is 11.9. The van der Waals surface area contributed by atoms with E-state index in [2.05, 4.69) is 10.5 Å². The number of benzene rings is 1. The monoisotopic (exact) mass is 346 g/mol. The normalized spacial score (nSPS) is 11.4. The van der Waals surface area contributed by atoms with Crippen LogP contribution in [0.4, 0.5) is 17.1 Å². The average Bonchev–Trinajstić information content (AvgIpc) is 2.96. The zero-order valence-corrected chi connectivity index (χ0v) is 14.1. The van der Waals surface area contributed by atoms with Crippen molar-refractivity contribution >= 4 is 22.8 Å². The first-order valence-electron chi connectivity index (χ1n) is 7.72. The summed E-state index contributed by atoms with van der Waals surface area (Å²) in [5.41, 5.74) is 3.46. The number of nitro groups is 2. The number of nitrogens with zero attached hydrogens (tertiary/aromatic N) is 3. The van der Waals surface area contributed by atoms with Gasteiger partial charge in [0.2, 0.25) is 0 Å². The summed E-state index contributed by atoms with van der Waals surface area (Å²) in [5.74, 6) is 1.45. The van der Waals surface area contributed by atoms with E-state index in [0.717, 1.165) is 23.8 Å². The molecule has 9 heteroatoms. The molecule has 2 aromatic rings. The van der Waals surface area contributed by atoms with E-state index in [-0.39, 0.29) is 11.4 Å². The molecule has 0 spiro atoms. The van der Waals surface area contributed by atoms with Crippen molar-refractivity contribution in [3.63, 3.8) is 0 Å². The molecule has 0 amide bonds. The molecule has 1 heterocycles. The van der Waals surface area contributed by atoms with Crippen molar-refractivity contribution in [1.29, 1.82) is 0 Å². The van der Waals surface area contributed by atoms with Crippen molar-refractivity contribution in [2.75, 3.05) is 5.43 Å². The summed E-state index contributed by atoms with van der Waals surface area (Å²) in [6.07, 6.45) is 1.30. The van der Waals surface area contributed by atoms with Gasteiger partial charge in [-0.25, -0.2) is 0 Å². The van der Waals surface area contributed by atoms with Crippen molar-refractivity contribution in [2.24, 2.45) is 5.10 Å². The van der Waals surface area contributed by atoms with Gasteiger partial charge in [0, 0.05) is 12.5 Å². The smallest absolute Gasteiger partial charge is 0.301 e. The van der Waals surface area contributed by atoms with Crippen molar-refractivity contribution in [1.82, 2.24) is 0 Å². The van der Waals surface area contributed by atoms with Crippen molar-refractivity contribution in [2.45, 2.75) is 33.6 Å². The lowest BCUT2D eigenvalue weighted by atomic mass is 10.1. The largest absolute Gasteiger partial charge is 0.459 e. The van der Waals surface area contributed by atoms with Crippen LogP contribution in [0.1, 0.15) is 37.4 Å². The fraction of sp³-hybridized carbons (Fsp3) is 0.312. The number of nitro benzene ring substituents is 2. The minimum absolute atomic E-state index is 0.0708. The highest BCUT2D eigenvalue weighted by Gasteiger charge is 2.20. The Hall–Kier alpha value is -3.23. The van der Waals surface area contributed by atoms with Crippen LogP contribution in [-0.4, -0.2) is 15.6 Å². The topological polar surface area (TPSA) is 124 Å². The van der Waals surface area contributed by atoms with Crippen molar-refractivity contribution < 1.29 is 14.3 Å². The van der Waals surface area contributed by atoms with E-state index in [9.17, 15) is 20.2 Å². The minimum Gasteiger partial charge on any atom is -0.459 e. The Morgan fingerprint density at radius 3 is 2.44 bits per heavy atom. The Balaban J connectivity index is 2.36. The lowest BCUT2D eigenvalue weighted by Gasteiger charge is -2.05. The molecule has 25 heavy (non-hydrogen) atoms. The third-order valence-corrected chi connectivity index (χ3v) is 3.61. The Morgan fingerprint density at radius 2 is 1.92 bits per heavy atom. The maximum absolute atomic E-state index is 11.2. The van der Waals surface area contributed by atoms with Crippen LogP contribution < -0.4 is 5.43 Å². The zero-order valence-electron chi connectivity index (χ0n) is 14.1. The molecule has 1 N–H and O–H groups in total. The Kier molecular flexibility index (Phi) is 5.48. The minimum atomic E-state index is -0.691. The number of hydrogen-bond acceptors (Lipinski definition) is 7. The van der Waals surface area contributed by atoms with Crippen molar-refractivity contribution in [3.05, 3.63) is 61.6 Å². The molecule has 0 saturated heterocycles. The fourth-order valence-electron chi connectivity index (χ4n) is 2.31. The molecule has 0 saturated carbocycles. The molecule has 2 rings (SSSR count). The molecule has 0 bridgehead atoms. The molecule has 9 nitrogen and oxygen atoms in total. The molecule has 132 valence electrons. The SMILES string of the molecule is CC/C(=N/Nc1ccc([N+](=O)[O-])cc1[N+](=O)[O-])c1oc(CC)cc1C. The van der Waals surface area contributed by atoms with Crippen LogP contribution in [0.15, 0.2) is 33.8 Å². The molecule has 0 fully saturated rings. The Morgan fingerprint density at radius 1 is 1.20 bits per heavy atom. The summed E-state index contributed by atoms with van der Waals surface area (Å²) in [7, 11) is 0. The van der Waals surface area contributed by atoms with Gasteiger partial charge in [-0.3, -0.25) is 25.7 Å². The highest BCUT2D eigenvalue weighted by Crippen LogP contribution is 2.29. The van der Waals surface area contributed by atoms with Gasteiger partial charge in [0.1, 0.15) is 17.2 Å². The number of hydrazone groups is 1. The first kappa shape index (κ1) is 18.1. The number of nitrogens with one attached hydrogen (secondary N) is 1. The van der Waals surface area contributed by atoms with E-state index in [4.69, 9.17) is 4.42 Å². The second-order valence-electron chi connectivity index (χ2n) is 5.32. The lowest BCUT2D eigenvalue weighted by Crippen LogP contribution is -2.05. The fourth-order valence-corrected chi connectivity index (χ4v) is 2.31. The quantitative estimate of drug-likeness (QED) is 0.455. The second kappa shape index (κ2) is 7.56. The number of rotatable bonds is 7. The highest BCUT2D eigenvalue weighted by atomic mass is 16.6. The van der Waals surface area contributed by atoms with Gasteiger partial charge in [0.15, 0.2) is 5.76 Å². The Labute approximate surface area is 143 Å². The van der Waals surface area contributed by atoms with Gasteiger partial charge < -0.3 is 4.42 Å². The first-order valence-corrected chi connectivity index (χ1v) is 7.72. The third kappa shape index (κ3) is 4.00. The molecule has 0 aliphatic carbocycles. The van der Waals surface area contributed by atoms with Gasteiger partial charge in [0.05, 0.1) is 15.9 Å². The van der Waals surface area contributed by atoms with Crippen LogP contribution >= 0.6 is 0 Å². The molecule has 0 radical (unpaired) electrons. The Bertz CT molecular complexity index is 841. The van der Waals surface area contributed by atoms with E-state index < -0.39 is 15.5 Å². The number of furan rings is 1. The van der Waals surface area contributed by atoms with Gasteiger partial charge in [-0.05, 0) is 31.0 Å². The van der Waals surface area contributed by atoms with Crippen LogP contribution in [0.25, 0.3) is 0 Å². The number of anilines is 1. The summed E-state index contributed by atoms with van der Waals surface area (Å²) in [5, 5.41) is 26.1. The summed E-state index contributed by atoms with van der Waals surface area (Å²) in [6.45, 7) is 5.76. The molecule has 0 atom stereocenters. The summed E-state index contributed by atoms with van der Waals surface area (Å²) >= 11 is 0. The van der Waals surface area contributed by atoms with E-state index in [1.54, 1.807) is 0 Å². The molecule has 1 aromatic heterocycles. The molecule has 0 unspecified atom stereocenters. The van der Waals surface area contributed by atoms with E-state index in [1.807, 2.05) is 26.8 Å². The van der Waals surface area contributed by atoms with E-state index >= 15 is 0 Å². The number of non-ortho nitro benzene ring substituents is 1. The molecular weight excluding hydrogens is 328 g/mol. The maximum Gasteiger partial charge on any atom is 0.301 e. The summed E-state index contributed by atoms with van der Waals surface area (Å²) < 4.78 is 5.74. The van der Waals surface area contributed by atoms with Crippen LogP contribution in [0.3, 0.4) is 0 Å². The zero-order chi connectivity index (χ0) is 18.6. The van der Waals surface area contributed by atoms with Gasteiger partial charge >= 0.3 is 5.69 Å². The molecule has 0 aliphatic rings. The molecule has 0 aliphatic heterocycles. The van der Waals surface area contributed by atoms with Gasteiger partial charge in [-0.2, -0.15) is 5.10 Å². The summed E-state index contributed by atoms with van der Waals surface area (Å²) in [6, 6.07) is 5.27. The average molecular weight is 346 g/mol. The number of aryl methyl sites for hydroxylation is 2. The molecule has 1 aromatic carbocycles. The maximum atomic E-state index is 11.2. The van der Waals surface area contributed by atoms with Crippen LogP contribution in [-0.2, 0) is 6.42 Å². The lowest BCUT2D eigenvalue weighted by molar-refractivity contribution is -0.393. The van der Waals surface area contributed by atoms with Crippen LogP contribution in [0, 0.1) is 27.2 Å². The number of hydrogen-bond donors (Lipinski definition) is 1. The van der Waals surface area contributed by atoms with Gasteiger partial charge in [-0.15, -0.1) is 0 Å². The van der Waals surface area contributed by atoms with Crippen LogP contribution in [0.5, 0.6) is 0 Å². The van der Waals surface area contributed by atoms with Crippen molar-refractivity contribution in [3.8, 4) is 0 Å². The van der Waals surface area contributed by atoms with Gasteiger partial charge in [0.25, 0.3) is 5.69 Å². The summed E-state index contributed by atoms with van der Waals surface area (Å²) in [4.78, 5) is 20.6. The standard InChI is InChI=1S/C16H18N4O5/c1-4-12-8-10(3)16(25-12)13(5-2)17-18-14-7-6-11(19(21)22)9-15(14)20(23)24/h6-9,18H,4-5H2,1-3H3/b17-13-. The highest BCUT2D eigenvalue weighted by molar-refractivity contribution is 5.99. The second-order valence-corrected chi connectivity index (χ2v) is 5.32. The predicted octanol–water partition coefficient (Wildman–Crippen LogP) is 4.19. The molecular formula is C16H18N4O5. The van der Waals surface area contributed by atoms with Crippen LogP contribution in [0.2, 0.25) is 0 Å². The van der Waals surface area contributed by atoms with E-state index in [1.165, 1.54) is 12.1 Å². The van der Waals surface area contributed by atoms with Gasteiger partial charge in [-0.1, -0.05) is 13.8 Å².